The summed E-state index contributed by atoms with van der Waals surface area (Å²) in [6, 6.07) is 5.74. The Labute approximate surface area is 138 Å². The third kappa shape index (κ3) is 3.32. The smallest absolute Gasteiger partial charge is 0.400 e. The lowest BCUT2D eigenvalue weighted by Gasteiger charge is -2.32. The third-order valence-corrected chi connectivity index (χ3v) is 4.81. The molecular weight excluding hydrogens is 295 g/mol. The summed E-state index contributed by atoms with van der Waals surface area (Å²) in [5, 5.41) is 0. The van der Waals surface area contributed by atoms with Crippen molar-refractivity contribution in [3.8, 4) is 0 Å². The molecule has 1 aliphatic rings. The van der Waals surface area contributed by atoms with E-state index < -0.39 is 7.12 Å². The van der Waals surface area contributed by atoms with Crippen molar-refractivity contribution in [1.82, 2.24) is 0 Å². The second-order valence-corrected chi connectivity index (χ2v) is 7.03. The Balaban J connectivity index is 2.38. The van der Waals surface area contributed by atoms with E-state index in [0.717, 1.165) is 22.9 Å². The highest BCUT2D eigenvalue weighted by Crippen LogP contribution is 2.39. The van der Waals surface area contributed by atoms with Crippen LogP contribution in [0, 0.1) is 6.92 Å². The highest BCUT2D eigenvalue weighted by atomic mass is 32.1. The molecule has 1 aliphatic heterocycles. The van der Waals surface area contributed by atoms with Crippen molar-refractivity contribution in [2.75, 3.05) is 5.75 Å². The molecule has 0 saturated carbocycles. The minimum Gasteiger partial charge on any atom is -0.400 e. The number of thiol groups is 1. The summed E-state index contributed by atoms with van der Waals surface area (Å²) in [6.45, 7) is 10.1. The summed E-state index contributed by atoms with van der Waals surface area (Å²) in [6.07, 6.45) is 2.82. The fourth-order valence-corrected chi connectivity index (χ4v) is 2.55. The van der Waals surface area contributed by atoms with Gasteiger partial charge in [0.25, 0.3) is 0 Å². The molecule has 118 valence electrons. The Hall–Kier alpha value is -1.04. The zero-order valence-corrected chi connectivity index (χ0v) is 14.7. The van der Waals surface area contributed by atoms with E-state index in [1.807, 2.05) is 58.9 Å². The van der Waals surface area contributed by atoms with Crippen molar-refractivity contribution < 1.29 is 14.1 Å². The number of benzene rings is 1. The monoisotopic (exact) mass is 318 g/mol. The predicted octanol–water partition coefficient (Wildman–Crippen LogP) is 3.75. The van der Waals surface area contributed by atoms with Crippen LogP contribution in [0.5, 0.6) is 0 Å². The number of rotatable bonds is 4. The Morgan fingerprint density at radius 1 is 1.18 bits per heavy atom. The fourth-order valence-electron chi connectivity index (χ4n) is 2.31. The summed E-state index contributed by atoms with van der Waals surface area (Å²) in [5.74, 6) is 0.503. The average molecular weight is 318 g/mol. The molecular formula is C17H23BO3S. The minimum absolute atomic E-state index is 0.389. The number of aryl methyl sites for hydroxylation is 1. The lowest BCUT2D eigenvalue weighted by molar-refractivity contribution is 0.00578. The van der Waals surface area contributed by atoms with Crippen LogP contribution in [0.25, 0.3) is 6.08 Å². The summed E-state index contributed by atoms with van der Waals surface area (Å²) in [4.78, 5) is 11.2. The summed E-state index contributed by atoms with van der Waals surface area (Å²) >= 11 is 4.41. The number of aldehydes is 1. The molecule has 1 heterocycles. The quantitative estimate of drug-likeness (QED) is 0.522. The molecule has 0 unspecified atom stereocenters. The van der Waals surface area contributed by atoms with E-state index in [9.17, 15) is 4.79 Å². The number of carbonyl (C=O) groups excluding carboxylic acids is 1. The zero-order chi connectivity index (χ0) is 16.5. The summed E-state index contributed by atoms with van der Waals surface area (Å²) in [5.41, 5.74) is 2.76. The molecule has 5 heteroatoms. The molecule has 3 nitrogen and oxygen atoms in total. The van der Waals surface area contributed by atoms with Crippen molar-refractivity contribution in [3.63, 3.8) is 0 Å². The lowest BCUT2D eigenvalue weighted by Crippen LogP contribution is -2.41. The van der Waals surface area contributed by atoms with Gasteiger partial charge in [0.1, 0.15) is 0 Å². The van der Waals surface area contributed by atoms with Crippen molar-refractivity contribution in [3.05, 3.63) is 40.4 Å². The van der Waals surface area contributed by atoms with Gasteiger partial charge in [-0.3, -0.25) is 4.79 Å². The molecule has 1 aromatic carbocycles. The van der Waals surface area contributed by atoms with E-state index in [0.29, 0.717) is 11.3 Å². The van der Waals surface area contributed by atoms with Crippen LogP contribution in [-0.4, -0.2) is 30.4 Å². The fraction of sp³-hybridized carbons (Fsp3) is 0.471. The highest BCUT2D eigenvalue weighted by molar-refractivity contribution is 7.80. The Kier molecular flexibility index (Phi) is 4.90. The number of hydrogen-bond acceptors (Lipinski definition) is 4. The highest BCUT2D eigenvalue weighted by Gasteiger charge is 2.52. The van der Waals surface area contributed by atoms with Crippen LogP contribution in [0.2, 0.25) is 0 Å². The molecule has 0 spiro atoms. The van der Waals surface area contributed by atoms with Gasteiger partial charge in [-0.1, -0.05) is 29.8 Å². The van der Waals surface area contributed by atoms with Gasteiger partial charge < -0.3 is 9.31 Å². The standard InChI is InChI=1S/C17H23BO3S/c1-12-6-7-13(10-19)14(8-12)9-15(11-22)18-20-16(2,3)17(4,5)21-18/h6-10,22H,11H2,1-5H3. The van der Waals surface area contributed by atoms with Crippen LogP contribution < -0.4 is 0 Å². The first-order valence-corrected chi connectivity index (χ1v) is 8.06. The zero-order valence-electron chi connectivity index (χ0n) is 13.8. The van der Waals surface area contributed by atoms with Crippen LogP contribution in [0.4, 0.5) is 0 Å². The predicted molar refractivity (Wildman–Crippen MR) is 94.5 cm³/mol. The van der Waals surface area contributed by atoms with Gasteiger partial charge in [-0.05, 0) is 45.7 Å². The molecule has 0 bridgehead atoms. The van der Waals surface area contributed by atoms with E-state index >= 15 is 0 Å². The summed E-state index contributed by atoms with van der Waals surface area (Å²) in [7, 11) is -0.442. The molecule has 0 amide bonds. The van der Waals surface area contributed by atoms with Crippen LogP contribution in [0.3, 0.4) is 0 Å². The van der Waals surface area contributed by atoms with Gasteiger partial charge in [-0.25, -0.2) is 0 Å². The molecule has 2 rings (SSSR count). The van der Waals surface area contributed by atoms with Gasteiger partial charge in [-0.15, -0.1) is 0 Å². The van der Waals surface area contributed by atoms with Crippen molar-refractivity contribution >= 4 is 32.1 Å². The Bertz CT molecular complexity index is 592. The second kappa shape index (κ2) is 6.22. The van der Waals surface area contributed by atoms with Crippen molar-refractivity contribution in [2.24, 2.45) is 0 Å². The van der Waals surface area contributed by atoms with Crippen molar-refractivity contribution in [2.45, 2.75) is 45.8 Å². The second-order valence-electron chi connectivity index (χ2n) is 6.72. The first kappa shape index (κ1) is 17.3. The number of carbonyl (C=O) groups is 1. The van der Waals surface area contributed by atoms with Gasteiger partial charge in [0.2, 0.25) is 0 Å². The van der Waals surface area contributed by atoms with Crippen LogP contribution in [0.15, 0.2) is 23.7 Å². The van der Waals surface area contributed by atoms with Gasteiger partial charge >= 0.3 is 7.12 Å². The van der Waals surface area contributed by atoms with Crippen LogP contribution in [-0.2, 0) is 9.31 Å². The molecule has 22 heavy (non-hydrogen) atoms. The van der Waals surface area contributed by atoms with Gasteiger partial charge in [0, 0.05) is 11.3 Å². The maximum atomic E-state index is 11.2. The largest absolute Gasteiger partial charge is 0.491 e. The van der Waals surface area contributed by atoms with Crippen LogP contribution >= 0.6 is 12.6 Å². The molecule has 0 aliphatic carbocycles. The molecule has 0 N–H and O–H groups in total. The van der Waals surface area contributed by atoms with E-state index in [-0.39, 0.29) is 11.2 Å². The first-order chi connectivity index (χ1) is 10.2. The van der Waals surface area contributed by atoms with E-state index in [1.54, 1.807) is 0 Å². The molecule has 1 saturated heterocycles. The third-order valence-electron chi connectivity index (χ3n) is 4.45. The molecule has 1 aromatic rings. The van der Waals surface area contributed by atoms with Gasteiger partial charge in [0.15, 0.2) is 6.29 Å². The first-order valence-electron chi connectivity index (χ1n) is 7.43. The lowest BCUT2D eigenvalue weighted by atomic mass is 9.78. The number of hydrogen-bond donors (Lipinski definition) is 1. The molecule has 0 radical (unpaired) electrons. The van der Waals surface area contributed by atoms with E-state index in [1.165, 1.54) is 0 Å². The minimum atomic E-state index is -0.442. The van der Waals surface area contributed by atoms with Crippen LogP contribution in [0.1, 0.15) is 49.2 Å². The molecule has 0 atom stereocenters. The average Bonchev–Trinajstić information content (AvgIpc) is 2.64. The Morgan fingerprint density at radius 2 is 1.77 bits per heavy atom. The van der Waals surface area contributed by atoms with Gasteiger partial charge in [0.05, 0.1) is 11.2 Å². The maximum absolute atomic E-state index is 11.2. The topological polar surface area (TPSA) is 35.5 Å². The maximum Gasteiger partial charge on any atom is 0.491 e. The SMILES string of the molecule is Cc1ccc(C=O)c(C=C(CS)B2OC(C)(C)C(C)(C)O2)c1. The normalized spacial score (nSPS) is 20.3. The van der Waals surface area contributed by atoms with Crippen molar-refractivity contribution in [1.29, 1.82) is 0 Å². The van der Waals surface area contributed by atoms with Gasteiger partial charge in [-0.2, -0.15) is 12.6 Å². The molecule has 0 aromatic heterocycles. The molecule has 1 fully saturated rings. The Morgan fingerprint density at radius 3 is 2.27 bits per heavy atom. The van der Waals surface area contributed by atoms with E-state index in [2.05, 4.69) is 12.6 Å². The summed E-state index contributed by atoms with van der Waals surface area (Å²) < 4.78 is 12.1. The van der Waals surface area contributed by atoms with E-state index in [4.69, 9.17) is 9.31 Å².